The van der Waals surface area contributed by atoms with Crippen molar-refractivity contribution >= 4 is 17.2 Å². The fourth-order valence-corrected chi connectivity index (χ4v) is 2.78. The fraction of sp³-hybridized carbons (Fsp3) is 0.333. The molecule has 0 radical (unpaired) electrons. The average Bonchev–Trinajstić information content (AvgIpc) is 3.02. The van der Waals surface area contributed by atoms with Gasteiger partial charge in [-0.25, -0.2) is 4.98 Å². The molecule has 1 amide bonds. The summed E-state index contributed by atoms with van der Waals surface area (Å²) in [5.74, 6) is 0.740. The van der Waals surface area contributed by atoms with Crippen LogP contribution in [0.1, 0.15) is 16.3 Å². The molecule has 0 saturated carbocycles. The van der Waals surface area contributed by atoms with Crippen LogP contribution >= 0.6 is 11.3 Å². The smallest absolute Gasteiger partial charge is 0.249 e. The number of thiazole rings is 1. The van der Waals surface area contributed by atoms with E-state index in [2.05, 4.69) is 11.6 Å². The summed E-state index contributed by atoms with van der Waals surface area (Å²) in [7, 11) is 1.51. The first-order valence-corrected chi connectivity index (χ1v) is 8.50. The molecular weight excluding hydrogens is 324 g/mol. The van der Waals surface area contributed by atoms with E-state index >= 15 is 0 Å². The predicted molar refractivity (Wildman–Crippen MR) is 95.1 cm³/mol. The molecule has 0 saturated heterocycles. The molecule has 1 aromatic heterocycles. The zero-order chi connectivity index (χ0) is 17.4. The van der Waals surface area contributed by atoms with Gasteiger partial charge in [0.25, 0.3) is 0 Å². The minimum absolute atomic E-state index is 0.0569. The number of methoxy groups -OCH3 is 1. The van der Waals surface area contributed by atoms with Crippen molar-refractivity contribution in [1.29, 1.82) is 0 Å². The summed E-state index contributed by atoms with van der Waals surface area (Å²) in [4.78, 5) is 18.2. The Hall–Kier alpha value is -2.18. The van der Waals surface area contributed by atoms with Crippen LogP contribution in [0.15, 0.2) is 42.3 Å². The maximum atomic E-state index is 12.0. The van der Waals surface area contributed by atoms with Gasteiger partial charge in [0.2, 0.25) is 5.91 Å². The third-order valence-electron chi connectivity index (χ3n) is 3.31. The van der Waals surface area contributed by atoms with Crippen LogP contribution in [0, 0.1) is 6.92 Å². The van der Waals surface area contributed by atoms with Gasteiger partial charge in [-0.2, -0.15) is 0 Å². The molecule has 128 valence electrons. The van der Waals surface area contributed by atoms with Gasteiger partial charge in [-0.15, -0.1) is 17.9 Å². The highest BCUT2D eigenvalue weighted by molar-refractivity contribution is 7.09. The van der Waals surface area contributed by atoms with E-state index in [9.17, 15) is 4.79 Å². The summed E-state index contributed by atoms with van der Waals surface area (Å²) < 4.78 is 10.6. The van der Waals surface area contributed by atoms with Gasteiger partial charge < -0.3 is 14.4 Å². The van der Waals surface area contributed by atoms with E-state index in [1.807, 2.05) is 36.6 Å². The first kappa shape index (κ1) is 18.2. The monoisotopic (exact) mass is 346 g/mol. The number of carbonyl (C=O) groups is 1. The largest absolute Gasteiger partial charge is 0.486 e. The Morgan fingerprint density at radius 2 is 2.12 bits per heavy atom. The first-order chi connectivity index (χ1) is 11.6. The number of carbonyl (C=O) groups excluding carboxylic acids is 1. The van der Waals surface area contributed by atoms with Crippen molar-refractivity contribution in [2.45, 2.75) is 20.1 Å². The Morgan fingerprint density at radius 1 is 1.38 bits per heavy atom. The minimum Gasteiger partial charge on any atom is -0.486 e. The van der Waals surface area contributed by atoms with Crippen molar-refractivity contribution < 1.29 is 14.3 Å². The second-order valence-corrected chi connectivity index (χ2v) is 6.27. The second-order valence-electron chi connectivity index (χ2n) is 5.33. The maximum absolute atomic E-state index is 12.0. The van der Waals surface area contributed by atoms with E-state index in [1.54, 1.807) is 11.0 Å². The molecule has 0 spiro atoms. The lowest BCUT2D eigenvalue weighted by atomic mass is 10.2. The second kappa shape index (κ2) is 9.20. The zero-order valence-corrected chi connectivity index (χ0v) is 14.8. The van der Waals surface area contributed by atoms with E-state index < -0.39 is 0 Å². The Balaban J connectivity index is 1.92. The lowest BCUT2D eigenvalue weighted by Crippen LogP contribution is -2.33. The van der Waals surface area contributed by atoms with Crippen LogP contribution in [0.25, 0.3) is 0 Å². The van der Waals surface area contributed by atoms with Crippen LogP contribution < -0.4 is 4.74 Å². The van der Waals surface area contributed by atoms with Crippen LogP contribution in [0.2, 0.25) is 0 Å². The third-order valence-corrected chi connectivity index (χ3v) is 4.18. The Kier molecular flexibility index (Phi) is 6.96. The van der Waals surface area contributed by atoms with Crippen LogP contribution in [0.4, 0.5) is 0 Å². The number of hydrogen-bond donors (Lipinski definition) is 0. The van der Waals surface area contributed by atoms with Crippen molar-refractivity contribution in [2.75, 3.05) is 20.3 Å². The molecule has 0 fully saturated rings. The number of nitrogens with zero attached hydrogens (tertiary/aromatic N) is 2. The van der Waals surface area contributed by atoms with E-state index in [1.165, 1.54) is 24.0 Å². The van der Waals surface area contributed by atoms with Crippen molar-refractivity contribution in [1.82, 2.24) is 9.88 Å². The molecule has 6 heteroatoms. The Bertz CT molecular complexity index is 667. The molecule has 0 unspecified atom stereocenters. The van der Waals surface area contributed by atoms with Gasteiger partial charge in [-0.05, 0) is 19.1 Å². The molecule has 0 bridgehead atoms. The van der Waals surface area contributed by atoms with Crippen molar-refractivity contribution in [2.24, 2.45) is 0 Å². The highest BCUT2D eigenvalue weighted by Gasteiger charge is 2.14. The third kappa shape index (κ3) is 5.47. The van der Waals surface area contributed by atoms with Crippen LogP contribution in [-0.2, 0) is 22.7 Å². The molecule has 0 aliphatic heterocycles. The molecular formula is C18H22N2O3S. The number of aromatic nitrogens is 1. The molecule has 5 nitrogen and oxygen atoms in total. The van der Waals surface area contributed by atoms with E-state index in [0.29, 0.717) is 19.7 Å². The van der Waals surface area contributed by atoms with Gasteiger partial charge >= 0.3 is 0 Å². The molecule has 0 aliphatic rings. The number of benzene rings is 1. The summed E-state index contributed by atoms with van der Waals surface area (Å²) in [5, 5.41) is 2.83. The molecule has 1 aromatic carbocycles. The first-order valence-electron chi connectivity index (χ1n) is 7.62. The average molecular weight is 346 g/mol. The summed E-state index contributed by atoms with van der Waals surface area (Å²) in [6, 6.07) is 7.91. The standard InChI is InChI=1S/C18H22N2O3S/c1-4-9-20(18(21)12-22-3)10-15-13-24-17(19-15)11-23-16-7-5-14(2)6-8-16/h4-8,13H,1,9-12H2,2-3H3. The number of amides is 1. The number of hydrogen-bond acceptors (Lipinski definition) is 5. The summed E-state index contributed by atoms with van der Waals surface area (Å²) >= 11 is 1.53. The van der Waals surface area contributed by atoms with Gasteiger partial charge in [0.15, 0.2) is 0 Å². The lowest BCUT2D eigenvalue weighted by molar-refractivity contribution is -0.135. The van der Waals surface area contributed by atoms with Gasteiger partial charge in [0.05, 0.1) is 12.2 Å². The van der Waals surface area contributed by atoms with Crippen molar-refractivity contribution in [3.63, 3.8) is 0 Å². The number of rotatable bonds is 9. The van der Waals surface area contributed by atoms with Gasteiger partial charge in [-0.1, -0.05) is 23.8 Å². The minimum atomic E-state index is -0.0807. The molecule has 0 N–H and O–H groups in total. The van der Waals surface area contributed by atoms with E-state index in [4.69, 9.17) is 9.47 Å². The molecule has 2 aromatic rings. The highest BCUT2D eigenvalue weighted by Crippen LogP contribution is 2.17. The Morgan fingerprint density at radius 3 is 2.79 bits per heavy atom. The topological polar surface area (TPSA) is 51.7 Å². The van der Waals surface area contributed by atoms with Crippen LogP contribution in [0.3, 0.4) is 0 Å². The van der Waals surface area contributed by atoms with Crippen LogP contribution in [0.5, 0.6) is 5.75 Å². The molecule has 1 heterocycles. The summed E-state index contributed by atoms with van der Waals surface area (Å²) in [6.07, 6.45) is 1.70. The fourth-order valence-electron chi connectivity index (χ4n) is 2.09. The molecule has 0 aliphatic carbocycles. The SMILES string of the molecule is C=CCN(Cc1csc(COc2ccc(C)cc2)n1)C(=O)COC. The van der Waals surface area contributed by atoms with Gasteiger partial charge in [0.1, 0.15) is 24.0 Å². The Labute approximate surface area is 146 Å². The molecule has 2 rings (SSSR count). The normalized spacial score (nSPS) is 10.4. The van der Waals surface area contributed by atoms with Crippen molar-refractivity contribution in [3.05, 3.63) is 58.6 Å². The number of aryl methyl sites for hydroxylation is 1. The maximum Gasteiger partial charge on any atom is 0.249 e. The predicted octanol–water partition coefficient (Wildman–Crippen LogP) is 3.19. The highest BCUT2D eigenvalue weighted by atomic mass is 32.1. The quantitative estimate of drug-likeness (QED) is 0.654. The zero-order valence-electron chi connectivity index (χ0n) is 14.0. The molecule has 0 atom stereocenters. The molecule has 24 heavy (non-hydrogen) atoms. The summed E-state index contributed by atoms with van der Waals surface area (Å²) in [6.45, 7) is 7.11. The summed E-state index contributed by atoms with van der Waals surface area (Å²) in [5.41, 5.74) is 2.04. The van der Waals surface area contributed by atoms with Crippen molar-refractivity contribution in [3.8, 4) is 5.75 Å². The van der Waals surface area contributed by atoms with Gasteiger partial charge in [0, 0.05) is 19.0 Å². The van der Waals surface area contributed by atoms with Gasteiger partial charge in [-0.3, -0.25) is 4.79 Å². The number of ether oxygens (including phenoxy) is 2. The van der Waals surface area contributed by atoms with E-state index in [-0.39, 0.29) is 12.5 Å². The van der Waals surface area contributed by atoms with E-state index in [0.717, 1.165) is 16.5 Å². The van der Waals surface area contributed by atoms with Crippen LogP contribution in [-0.4, -0.2) is 36.1 Å². The lowest BCUT2D eigenvalue weighted by Gasteiger charge is -2.19.